The number of phenolic OH excluding ortho intramolecular Hbond substituents is 1. The monoisotopic (exact) mass is 438 g/mol. The molecule has 3 aromatic carbocycles. The highest BCUT2D eigenvalue weighted by Crippen LogP contribution is 2.44. The van der Waals surface area contributed by atoms with Crippen LogP contribution in [-0.4, -0.2) is 25.1 Å². The fraction of sp³-hybridized carbons (Fsp3) is 0.160. The van der Waals surface area contributed by atoms with Crippen LogP contribution in [0.2, 0.25) is 5.02 Å². The highest BCUT2D eigenvalue weighted by molar-refractivity contribution is 6.38. The van der Waals surface area contributed by atoms with Crippen LogP contribution in [0.1, 0.15) is 33.5 Å². The Labute approximate surface area is 184 Å². The second kappa shape index (κ2) is 8.44. The molecule has 1 N–H and O–H groups in total. The Morgan fingerprint density at radius 3 is 2.35 bits per heavy atom. The Balaban J connectivity index is 1.97. The minimum absolute atomic E-state index is 0.0522. The van der Waals surface area contributed by atoms with Crippen molar-refractivity contribution in [2.75, 3.05) is 14.2 Å². The maximum Gasteiger partial charge on any atom is 0.193 e. The van der Waals surface area contributed by atoms with Gasteiger partial charge in [0.25, 0.3) is 0 Å². The molecule has 158 valence electrons. The summed E-state index contributed by atoms with van der Waals surface area (Å²) in [6.07, 6.45) is 1.21. The molecule has 0 fully saturated rings. The number of ether oxygens (including phenoxy) is 2. The Kier molecular flexibility index (Phi) is 5.70. The van der Waals surface area contributed by atoms with Gasteiger partial charge in [0.2, 0.25) is 0 Å². The van der Waals surface area contributed by atoms with Gasteiger partial charge in [0, 0.05) is 16.7 Å². The SMILES string of the molecule is COc1ccc2c(c1)CCC(c1ccc(F)c(OC)c1Cl)=C2C(=O)c1ccc(O)cc1. The Bertz CT molecular complexity index is 1200. The van der Waals surface area contributed by atoms with E-state index in [1.54, 1.807) is 31.4 Å². The van der Waals surface area contributed by atoms with Crippen molar-refractivity contribution in [3.05, 3.63) is 87.7 Å². The number of ketones is 1. The molecule has 0 aromatic heterocycles. The zero-order valence-corrected chi connectivity index (χ0v) is 17.8. The second-order valence-electron chi connectivity index (χ2n) is 7.19. The number of halogens is 2. The maximum atomic E-state index is 14.1. The van der Waals surface area contributed by atoms with Crippen LogP contribution >= 0.6 is 11.6 Å². The van der Waals surface area contributed by atoms with Gasteiger partial charge in [-0.3, -0.25) is 4.79 Å². The number of aromatic hydroxyl groups is 1. The van der Waals surface area contributed by atoms with E-state index in [2.05, 4.69) is 0 Å². The number of benzene rings is 3. The third-order valence-corrected chi connectivity index (χ3v) is 5.84. The van der Waals surface area contributed by atoms with Crippen LogP contribution in [0.3, 0.4) is 0 Å². The molecule has 0 saturated carbocycles. The van der Waals surface area contributed by atoms with Crippen LogP contribution in [0, 0.1) is 5.82 Å². The Morgan fingerprint density at radius 1 is 0.968 bits per heavy atom. The number of allylic oxidation sites excluding steroid dienone is 2. The fourth-order valence-electron chi connectivity index (χ4n) is 3.93. The van der Waals surface area contributed by atoms with Crippen LogP contribution in [0.25, 0.3) is 11.1 Å². The first-order valence-corrected chi connectivity index (χ1v) is 10.1. The first-order valence-electron chi connectivity index (χ1n) is 9.71. The van der Waals surface area contributed by atoms with E-state index in [0.717, 1.165) is 16.7 Å². The van der Waals surface area contributed by atoms with E-state index in [9.17, 15) is 14.3 Å². The molecule has 0 saturated heterocycles. The molecule has 4 rings (SSSR count). The van der Waals surface area contributed by atoms with Crippen molar-refractivity contribution in [2.45, 2.75) is 12.8 Å². The molecule has 0 atom stereocenters. The second-order valence-corrected chi connectivity index (χ2v) is 7.57. The maximum absolute atomic E-state index is 14.1. The van der Waals surface area contributed by atoms with Gasteiger partial charge >= 0.3 is 0 Å². The largest absolute Gasteiger partial charge is 0.508 e. The summed E-state index contributed by atoms with van der Waals surface area (Å²) in [5.41, 5.74) is 3.96. The van der Waals surface area contributed by atoms with Gasteiger partial charge in [-0.2, -0.15) is 0 Å². The molecule has 6 heteroatoms. The normalized spacial score (nSPS) is 13.0. The molecule has 0 unspecified atom stereocenters. The molecule has 0 bridgehead atoms. The molecule has 1 aliphatic rings. The van der Waals surface area contributed by atoms with Crippen molar-refractivity contribution in [1.82, 2.24) is 0 Å². The molecular formula is C25H20ClFO4. The van der Waals surface area contributed by atoms with E-state index < -0.39 is 5.82 Å². The van der Waals surface area contributed by atoms with Gasteiger partial charge in [-0.05, 0) is 78.1 Å². The summed E-state index contributed by atoms with van der Waals surface area (Å²) in [5.74, 6) is -0.0423. The lowest BCUT2D eigenvalue weighted by atomic mass is 9.79. The van der Waals surface area contributed by atoms with Crippen LogP contribution in [0.4, 0.5) is 4.39 Å². The number of rotatable bonds is 5. The summed E-state index contributed by atoms with van der Waals surface area (Å²) in [7, 11) is 2.95. The topological polar surface area (TPSA) is 55.8 Å². The van der Waals surface area contributed by atoms with Crippen molar-refractivity contribution in [2.24, 2.45) is 0 Å². The van der Waals surface area contributed by atoms with Gasteiger partial charge in [0.15, 0.2) is 17.3 Å². The van der Waals surface area contributed by atoms with E-state index in [1.165, 1.54) is 25.3 Å². The summed E-state index contributed by atoms with van der Waals surface area (Å²) in [4.78, 5) is 13.6. The van der Waals surface area contributed by atoms with Crippen molar-refractivity contribution < 1.29 is 23.8 Å². The molecule has 1 aliphatic carbocycles. The molecule has 0 amide bonds. The number of Topliss-reactive ketones (excluding diaryl/α,β-unsaturated/α-hetero) is 1. The number of fused-ring (bicyclic) bond motifs is 1. The predicted molar refractivity (Wildman–Crippen MR) is 119 cm³/mol. The van der Waals surface area contributed by atoms with E-state index in [0.29, 0.717) is 35.3 Å². The van der Waals surface area contributed by atoms with Crippen LogP contribution in [0.15, 0.2) is 54.6 Å². The third-order valence-electron chi connectivity index (χ3n) is 5.46. The average molecular weight is 439 g/mol. The number of aryl methyl sites for hydroxylation is 1. The molecule has 0 heterocycles. The molecule has 3 aromatic rings. The molecule has 0 radical (unpaired) electrons. The van der Waals surface area contributed by atoms with E-state index in [1.807, 2.05) is 12.1 Å². The summed E-state index contributed by atoms with van der Waals surface area (Å²) < 4.78 is 24.6. The minimum Gasteiger partial charge on any atom is -0.508 e. The quantitative estimate of drug-likeness (QED) is 0.501. The molecular weight excluding hydrogens is 419 g/mol. The van der Waals surface area contributed by atoms with Gasteiger partial charge in [-0.15, -0.1) is 0 Å². The first-order chi connectivity index (χ1) is 14.9. The number of carbonyl (C=O) groups is 1. The molecule has 31 heavy (non-hydrogen) atoms. The number of hydrogen-bond donors (Lipinski definition) is 1. The van der Waals surface area contributed by atoms with E-state index in [4.69, 9.17) is 21.1 Å². The van der Waals surface area contributed by atoms with Crippen molar-refractivity contribution in [1.29, 1.82) is 0 Å². The number of hydrogen-bond acceptors (Lipinski definition) is 4. The molecule has 0 spiro atoms. The van der Waals surface area contributed by atoms with Crippen molar-refractivity contribution in [3.63, 3.8) is 0 Å². The van der Waals surface area contributed by atoms with Gasteiger partial charge in [-0.1, -0.05) is 17.7 Å². The minimum atomic E-state index is -0.566. The third kappa shape index (κ3) is 3.77. The predicted octanol–water partition coefficient (Wildman–Crippen LogP) is 5.94. The van der Waals surface area contributed by atoms with Gasteiger partial charge in [0.05, 0.1) is 19.2 Å². The van der Waals surface area contributed by atoms with Gasteiger partial charge < -0.3 is 14.6 Å². The highest BCUT2D eigenvalue weighted by atomic mass is 35.5. The Hall–Kier alpha value is -3.31. The fourth-order valence-corrected chi connectivity index (χ4v) is 4.28. The summed E-state index contributed by atoms with van der Waals surface area (Å²) in [6, 6.07) is 14.5. The molecule has 0 aliphatic heterocycles. The number of carbonyl (C=O) groups excluding carboxylic acids is 1. The van der Waals surface area contributed by atoms with Crippen LogP contribution in [-0.2, 0) is 6.42 Å². The lowest BCUT2D eigenvalue weighted by Crippen LogP contribution is -2.13. The van der Waals surface area contributed by atoms with Crippen molar-refractivity contribution >= 4 is 28.5 Å². The summed E-state index contributed by atoms with van der Waals surface area (Å²) >= 11 is 6.50. The highest BCUT2D eigenvalue weighted by Gasteiger charge is 2.28. The summed E-state index contributed by atoms with van der Waals surface area (Å²) in [6.45, 7) is 0. The average Bonchev–Trinajstić information content (AvgIpc) is 2.78. The van der Waals surface area contributed by atoms with Gasteiger partial charge in [0.1, 0.15) is 11.5 Å². The zero-order chi connectivity index (χ0) is 22.1. The summed E-state index contributed by atoms with van der Waals surface area (Å²) in [5, 5.41) is 9.74. The lowest BCUT2D eigenvalue weighted by molar-refractivity contribution is 0.105. The Morgan fingerprint density at radius 2 is 1.68 bits per heavy atom. The van der Waals surface area contributed by atoms with Gasteiger partial charge in [-0.25, -0.2) is 4.39 Å². The van der Waals surface area contributed by atoms with Crippen LogP contribution in [0.5, 0.6) is 17.2 Å². The number of methoxy groups -OCH3 is 2. The molecule has 4 nitrogen and oxygen atoms in total. The smallest absolute Gasteiger partial charge is 0.193 e. The number of phenols is 1. The van der Waals surface area contributed by atoms with Crippen LogP contribution < -0.4 is 9.47 Å². The first kappa shape index (κ1) is 20.9. The zero-order valence-electron chi connectivity index (χ0n) is 17.0. The lowest BCUT2D eigenvalue weighted by Gasteiger charge is -2.25. The standard InChI is InChI=1S/C25H20ClFO4/c1-30-17-8-10-18-15(13-17)5-9-19(20-11-12-21(27)25(31-2)23(20)26)22(18)24(29)14-3-6-16(28)7-4-14/h3-4,6-8,10-13,28H,5,9H2,1-2H3. The van der Waals surface area contributed by atoms with E-state index >= 15 is 0 Å². The van der Waals surface area contributed by atoms with Crippen molar-refractivity contribution in [3.8, 4) is 17.2 Å². The van der Waals surface area contributed by atoms with E-state index in [-0.39, 0.29) is 22.3 Å².